The fraction of sp³-hybridized carbons (Fsp3) is 0.440. The van der Waals surface area contributed by atoms with Crippen LogP contribution in [0.4, 0.5) is 13.2 Å². The lowest BCUT2D eigenvalue weighted by Crippen LogP contribution is -2.56. The van der Waals surface area contributed by atoms with E-state index in [2.05, 4.69) is 10.2 Å². The third kappa shape index (κ3) is 5.76. The minimum atomic E-state index is -4.45. The van der Waals surface area contributed by atoms with Crippen molar-refractivity contribution >= 4 is 35.0 Å². The van der Waals surface area contributed by atoms with E-state index in [1.54, 1.807) is 23.1 Å². The van der Waals surface area contributed by atoms with Crippen LogP contribution in [0.25, 0.3) is 0 Å². The summed E-state index contributed by atoms with van der Waals surface area (Å²) >= 11 is 12.4. The number of piperazine rings is 1. The van der Waals surface area contributed by atoms with Gasteiger partial charge in [0.25, 0.3) is 0 Å². The van der Waals surface area contributed by atoms with E-state index >= 15 is 0 Å². The smallest absolute Gasteiger partial charge is 0.343 e. The van der Waals surface area contributed by atoms with Gasteiger partial charge < -0.3 is 15.1 Å². The molecule has 1 atom stereocenters. The van der Waals surface area contributed by atoms with Crippen LogP contribution >= 0.6 is 23.2 Å². The first-order valence-corrected chi connectivity index (χ1v) is 12.2. The van der Waals surface area contributed by atoms with Gasteiger partial charge in [-0.3, -0.25) is 9.59 Å². The number of nitrogens with zero attached hydrogens (tertiary/aromatic N) is 2. The molecule has 0 spiro atoms. The van der Waals surface area contributed by atoms with E-state index in [0.29, 0.717) is 60.2 Å². The van der Waals surface area contributed by atoms with Crippen molar-refractivity contribution in [3.05, 3.63) is 69.2 Å². The third-order valence-electron chi connectivity index (χ3n) is 6.77. The van der Waals surface area contributed by atoms with Gasteiger partial charge in [-0.15, -0.1) is 0 Å². The Morgan fingerprint density at radius 1 is 1.03 bits per heavy atom. The van der Waals surface area contributed by atoms with Crippen LogP contribution in [0.15, 0.2) is 42.5 Å². The molecule has 0 bridgehead atoms. The van der Waals surface area contributed by atoms with Crippen molar-refractivity contribution in [2.75, 3.05) is 33.2 Å². The molecule has 0 radical (unpaired) electrons. The van der Waals surface area contributed by atoms with E-state index in [0.717, 1.165) is 12.1 Å². The van der Waals surface area contributed by atoms with Crippen LogP contribution in [0, 0.1) is 0 Å². The summed E-state index contributed by atoms with van der Waals surface area (Å²) in [5.74, 6) is -0.564. The second kappa shape index (κ2) is 9.99. The summed E-state index contributed by atoms with van der Waals surface area (Å²) in [7, 11) is 1.97. The van der Waals surface area contributed by atoms with Gasteiger partial charge in [0.1, 0.15) is 6.04 Å². The van der Waals surface area contributed by atoms with E-state index in [4.69, 9.17) is 23.2 Å². The fourth-order valence-corrected chi connectivity index (χ4v) is 5.02. The molecule has 188 valence electrons. The van der Waals surface area contributed by atoms with Crippen molar-refractivity contribution in [1.82, 2.24) is 15.1 Å². The van der Waals surface area contributed by atoms with Crippen molar-refractivity contribution in [2.24, 2.45) is 0 Å². The number of benzene rings is 2. The number of rotatable bonds is 6. The van der Waals surface area contributed by atoms with Gasteiger partial charge in [-0.2, -0.15) is 13.2 Å². The van der Waals surface area contributed by atoms with Crippen molar-refractivity contribution in [3.8, 4) is 0 Å². The number of carbonyl (C=O) groups excluding carboxylic acids is 2. The van der Waals surface area contributed by atoms with Crippen LogP contribution in [0.2, 0.25) is 10.0 Å². The van der Waals surface area contributed by atoms with Gasteiger partial charge in [0.2, 0.25) is 11.8 Å². The highest BCUT2D eigenvalue weighted by molar-refractivity contribution is 6.35. The Kier molecular flexibility index (Phi) is 7.36. The molecule has 2 aliphatic rings. The monoisotopic (exact) mass is 527 g/mol. The number of amides is 2. The normalized spacial score (nSPS) is 18.7. The number of halogens is 5. The number of alkyl halides is 3. The minimum absolute atomic E-state index is 0.0828. The Balaban J connectivity index is 1.56. The molecule has 2 fully saturated rings. The van der Waals surface area contributed by atoms with Crippen LogP contribution < -0.4 is 5.32 Å². The molecule has 2 amide bonds. The lowest BCUT2D eigenvalue weighted by Gasteiger charge is -2.35. The second-order valence-corrected chi connectivity index (χ2v) is 10.1. The zero-order valence-corrected chi connectivity index (χ0v) is 20.7. The summed E-state index contributed by atoms with van der Waals surface area (Å²) in [6, 6.07) is 8.75. The first-order valence-electron chi connectivity index (χ1n) is 11.4. The average molecular weight is 528 g/mol. The number of carbonyl (C=O) groups is 2. The Morgan fingerprint density at radius 2 is 1.66 bits per heavy atom. The molecule has 2 aromatic carbocycles. The summed E-state index contributed by atoms with van der Waals surface area (Å²) in [4.78, 5) is 30.7. The maximum Gasteiger partial charge on any atom is 0.416 e. The fourth-order valence-electron chi connectivity index (χ4n) is 4.43. The van der Waals surface area contributed by atoms with Crippen molar-refractivity contribution in [2.45, 2.75) is 36.9 Å². The van der Waals surface area contributed by atoms with Gasteiger partial charge in [-0.1, -0.05) is 41.4 Å². The van der Waals surface area contributed by atoms with Crippen molar-refractivity contribution in [1.29, 1.82) is 0 Å². The predicted molar refractivity (Wildman–Crippen MR) is 129 cm³/mol. The lowest BCUT2D eigenvalue weighted by molar-refractivity contribution is -0.138. The van der Waals surface area contributed by atoms with Gasteiger partial charge in [0.05, 0.1) is 11.0 Å². The molecule has 1 saturated carbocycles. The highest BCUT2D eigenvalue weighted by Gasteiger charge is 2.53. The van der Waals surface area contributed by atoms with E-state index in [1.807, 2.05) is 7.05 Å². The summed E-state index contributed by atoms with van der Waals surface area (Å²) in [5.41, 5.74) is -0.425. The minimum Gasteiger partial charge on any atom is -0.343 e. The summed E-state index contributed by atoms with van der Waals surface area (Å²) in [5, 5.41) is 3.75. The highest BCUT2D eigenvalue weighted by Crippen LogP contribution is 2.51. The molecule has 0 unspecified atom stereocenters. The molecule has 1 heterocycles. The Morgan fingerprint density at radius 3 is 2.20 bits per heavy atom. The SMILES string of the molecule is CN1CCN(C(=O)[C@H](Cc2ccc(C(F)(F)F)cc2)NC(=O)C2(c3ccc(Cl)cc3Cl)CC2)CC1. The molecule has 4 rings (SSSR count). The van der Waals surface area contributed by atoms with Crippen molar-refractivity contribution < 1.29 is 22.8 Å². The van der Waals surface area contributed by atoms with E-state index in [1.165, 1.54) is 12.1 Å². The largest absolute Gasteiger partial charge is 0.416 e. The molecule has 35 heavy (non-hydrogen) atoms. The molecule has 5 nitrogen and oxygen atoms in total. The maximum absolute atomic E-state index is 13.5. The molecule has 1 N–H and O–H groups in total. The van der Waals surface area contributed by atoms with Gasteiger partial charge >= 0.3 is 6.18 Å². The Hall–Kier alpha value is -2.29. The zero-order chi connectivity index (χ0) is 25.4. The number of hydrogen-bond acceptors (Lipinski definition) is 3. The summed E-state index contributed by atoms with van der Waals surface area (Å²) in [6.07, 6.45) is -3.21. The molecule has 2 aromatic rings. The molecular weight excluding hydrogens is 502 g/mol. The summed E-state index contributed by atoms with van der Waals surface area (Å²) in [6.45, 7) is 2.44. The van der Waals surface area contributed by atoms with E-state index < -0.39 is 23.2 Å². The van der Waals surface area contributed by atoms with Gasteiger partial charge in [0, 0.05) is 42.6 Å². The molecule has 1 aliphatic carbocycles. The van der Waals surface area contributed by atoms with Crippen LogP contribution in [0.1, 0.15) is 29.5 Å². The summed E-state index contributed by atoms with van der Waals surface area (Å²) < 4.78 is 38.9. The molecule has 10 heteroatoms. The molecule has 1 aliphatic heterocycles. The van der Waals surface area contributed by atoms with E-state index in [-0.39, 0.29) is 18.2 Å². The number of likely N-dealkylation sites (N-methyl/N-ethyl adjacent to an activating group) is 1. The molecular formula is C25H26Cl2F3N3O2. The maximum atomic E-state index is 13.5. The first kappa shape index (κ1) is 25.8. The highest BCUT2D eigenvalue weighted by atomic mass is 35.5. The van der Waals surface area contributed by atoms with Crippen molar-refractivity contribution in [3.63, 3.8) is 0 Å². The van der Waals surface area contributed by atoms with Crippen LogP contribution in [-0.2, 0) is 27.6 Å². The average Bonchev–Trinajstić information content (AvgIpc) is 3.60. The lowest BCUT2D eigenvalue weighted by atomic mass is 9.93. The number of hydrogen-bond donors (Lipinski definition) is 1. The quantitative estimate of drug-likeness (QED) is 0.599. The Bertz CT molecular complexity index is 1100. The van der Waals surface area contributed by atoms with Crippen LogP contribution in [0.3, 0.4) is 0 Å². The van der Waals surface area contributed by atoms with Gasteiger partial charge in [-0.05, 0) is 55.3 Å². The van der Waals surface area contributed by atoms with Crippen LogP contribution in [-0.4, -0.2) is 60.9 Å². The van der Waals surface area contributed by atoms with Gasteiger partial charge in [0.15, 0.2) is 0 Å². The standard InChI is InChI=1S/C25H26Cl2F3N3O2/c1-32-10-12-33(13-11-32)22(34)21(14-16-2-4-17(5-3-16)25(28,29)30)31-23(35)24(8-9-24)19-7-6-18(26)15-20(19)27/h2-7,15,21H,8-14H2,1H3,(H,31,35)/t21-/m0/s1. The zero-order valence-electron chi connectivity index (χ0n) is 19.2. The predicted octanol–water partition coefficient (Wildman–Crippen LogP) is 4.55. The first-order chi connectivity index (χ1) is 16.5. The number of nitrogens with one attached hydrogen (secondary N) is 1. The molecule has 1 saturated heterocycles. The third-order valence-corrected chi connectivity index (χ3v) is 7.32. The van der Waals surface area contributed by atoms with Gasteiger partial charge in [-0.25, -0.2) is 0 Å². The Labute approximate surface area is 212 Å². The topological polar surface area (TPSA) is 52.6 Å². The van der Waals surface area contributed by atoms with Crippen LogP contribution in [0.5, 0.6) is 0 Å². The second-order valence-electron chi connectivity index (χ2n) is 9.26. The molecule has 0 aromatic heterocycles. The van der Waals surface area contributed by atoms with E-state index in [9.17, 15) is 22.8 Å².